The fourth-order valence-electron chi connectivity index (χ4n) is 1.56. The molecule has 0 spiro atoms. The topological polar surface area (TPSA) is 27.7 Å². The summed E-state index contributed by atoms with van der Waals surface area (Å²) in [7, 11) is 1.56. The number of hydrogen-bond acceptors (Lipinski definition) is 3. The van der Waals surface area contributed by atoms with E-state index in [0.29, 0.717) is 21.5 Å². The molecule has 2 aromatic carbocycles. The Hall–Kier alpha value is -1.59. The van der Waals surface area contributed by atoms with Gasteiger partial charge in [-0.1, -0.05) is 22.0 Å². The maximum atomic E-state index is 13.6. The van der Waals surface area contributed by atoms with E-state index >= 15 is 0 Å². The second kappa shape index (κ2) is 7.26. The third kappa shape index (κ3) is 4.21. The fourth-order valence-corrected chi connectivity index (χ4v) is 1.89. The Kier molecular flexibility index (Phi) is 5.38. The van der Waals surface area contributed by atoms with Gasteiger partial charge in [0.15, 0.2) is 6.79 Å². The molecule has 0 aliphatic heterocycles. The van der Waals surface area contributed by atoms with Crippen LogP contribution in [0.2, 0.25) is 0 Å². The largest absolute Gasteiger partial charge is 0.489 e. The highest BCUT2D eigenvalue weighted by Crippen LogP contribution is 2.20. The van der Waals surface area contributed by atoms with Crippen molar-refractivity contribution in [1.82, 2.24) is 0 Å². The van der Waals surface area contributed by atoms with E-state index in [1.807, 2.05) is 0 Å². The summed E-state index contributed by atoms with van der Waals surface area (Å²) in [5, 5.41) is 0. The smallest absolute Gasteiger partial charge is 0.188 e. The minimum atomic E-state index is -0.292. The monoisotopic (exact) mass is 340 g/mol. The molecule has 3 nitrogen and oxygen atoms in total. The van der Waals surface area contributed by atoms with Gasteiger partial charge in [-0.05, 0) is 36.4 Å². The third-order valence-corrected chi connectivity index (χ3v) is 3.07. The molecular weight excluding hydrogens is 327 g/mol. The quantitative estimate of drug-likeness (QED) is 0.739. The van der Waals surface area contributed by atoms with E-state index in [2.05, 4.69) is 15.9 Å². The number of halogens is 2. The molecule has 2 aromatic rings. The Bertz CT molecular complexity index is 558. The summed E-state index contributed by atoms with van der Waals surface area (Å²) >= 11 is 3.22. The van der Waals surface area contributed by atoms with Gasteiger partial charge in [0.25, 0.3) is 0 Å². The first-order valence-electron chi connectivity index (χ1n) is 5.97. The minimum Gasteiger partial charge on any atom is -0.489 e. The van der Waals surface area contributed by atoms with E-state index < -0.39 is 0 Å². The number of benzene rings is 2. The van der Waals surface area contributed by atoms with Gasteiger partial charge in [-0.2, -0.15) is 0 Å². The Labute approximate surface area is 125 Å². The molecule has 0 unspecified atom stereocenters. The lowest BCUT2D eigenvalue weighted by molar-refractivity contribution is 0.0511. The Morgan fingerprint density at radius 2 is 1.65 bits per heavy atom. The molecule has 0 aliphatic carbocycles. The van der Waals surface area contributed by atoms with Gasteiger partial charge >= 0.3 is 0 Å². The summed E-state index contributed by atoms with van der Waals surface area (Å²) in [4.78, 5) is 0. The molecule has 106 valence electrons. The molecule has 0 saturated carbocycles. The van der Waals surface area contributed by atoms with Crippen molar-refractivity contribution in [3.63, 3.8) is 0 Å². The second-order valence-electron chi connectivity index (χ2n) is 4.05. The number of hydrogen-bond donors (Lipinski definition) is 0. The van der Waals surface area contributed by atoms with Crippen molar-refractivity contribution in [1.29, 1.82) is 0 Å². The van der Waals surface area contributed by atoms with Crippen LogP contribution in [0.1, 0.15) is 5.56 Å². The highest BCUT2D eigenvalue weighted by molar-refractivity contribution is 9.10. The van der Waals surface area contributed by atoms with E-state index in [9.17, 15) is 4.39 Å². The molecule has 0 heterocycles. The number of ether oxygens (including phenoxy) is 3. The van der Waals surface area contributed by atoms with E-state index in [4.69, 9.17) is 14.2 Å². The van der Waals surface area contributed by atoms with Gasteiger partial charge in [-0.25, -0.2) is 4.39 Å². The molecule has 0 atom stereocenters. The predicted octanol–water partition coefficient (Wildman–Crippen LogP) is 4.15. The van der Waals surface area contributed by atoms with Crippen molar-refractivity contribution >= 4 is 15.9 Å². The van der Waals surface area contributed by atoms with E-state index in [1.54, 1.807) is 43.5 Å². The Morgan fingerprint density at radius 3 is 2.25 bits per heavy atom. The van der Waals surface area contributed by atoms with Crippen molar-refractivity contribution in [2.24, 2.45) is 0 Å². The molecule has 0 aromatic heterocycles. The number of methoxy groups -OCH3 is 1. The predicted molar refractivity (Wildman–Crippen MR) is 77.4 cm³/mol. The summed E-state index contributed by atoms with van der Waals surface area (Å²) in [5.74, 6) is 1.05. The normalized spacial score (nSPS) is 10.3. The average molecular weight is 341 g/mol. The molecule has 5 heteroatoms. The van der Waals surface area contributed by atoms with Crippen LogP contribution in [0, 0.1) is 5.82 Å². The van der Waals surface area contributed by atoms with Crippen molar-refractivity contribution in [3.8, 4) is 11.5 Å². The summed E-state index contributed by atoms with van der Waals surface area (Å²) in [6.45, 7) is 0.377. The maximum Gasteiger partial charge on any atom is 0.188 e. The van der Waals surface area contributed by atoms with E-state index in [1.165, 1.54) is 6.07 Å². The van der Waals surface area contributed by atoms with Crippen LogP contribution in [-0.2, 0) is 11.3 Å². The Morgan fingerprint density at radius 1 is 1.00 bits per heavy atom. The zero-order valence-electron chi connectivity index (χ0n) is 10.9. The maximum absolute atomic E-state index is 13.6. The van der Waals surface area contributed by atoms with Crippen molar-refractivity contribution in [2.45, 2.75) is 6.61 Å². The van der Waals surface area contributed by atoms with Gasteiger partial charge in [0.1, 0.15) is 23.9 Å². The summed E-state index contributed by atoms with van der Waals surface area (Å²) < 4.78 is 29.9. The zero-order valence-corrected chi connectivity index (χ0v) is 12.5. The van der Waals surface area contributed by atoms with Crippen LogP contribution >= 0.6 is 15.9 Å². The van der Waals surface area contributed by atoms with Crippen LogP contribution in [0.4, 0.5) is 4.39 Å². The lowest BCUT2D eigenvalue weighted by Gasteiger charge is -2.09. The van der Waals surface area contributed by atoms with Gasteiger partial charge in [0.2, 0.25) is 0 Å². The minimum absolute atomic E-state index is 0.178. The van der Waals surface area contributed by atoms with Crippen LogP contribution in [0.25, 0.3) is 0 Å². The van der Waals surface area contributed by atoms with Crippen molar-refractivity contribution < 1.29 is 18.6 Å². The first-order chi connectivity index (χ1) is 9.69. The standard InChI is InChI=1S/C15H14BrFO3/c1-18-10-20-14-6-4-13(5-7-14)19-9-11-2-3-12(16)8-15(11)17/h2-8H,9-10H2,1H3. The van der Waals surface area contributed by atoms with Crippen LogP contribution in [-0.4, -0.2) is 13.9 Å². The Balaban J connectivity index is 1.93. The van der Waals surface area contributed by atoms with Gasteiger partial charge in [0, 0.05) is 17.1 Å². The lowest BCUT2D eigenvalue weighted by atomic mass is 10.2. The van der Waals surface area contributed by atoms with E-state index in [-0.39, 0.29) is 19.2 Å². The molecule has 0 N–H and O–H groups in total. The number of rotatable bonds is 6. The summed E-state index contributed by atoms with van der Waals surface area (Å²) in [5.41, 5.74) is 0.507. The van der Waals surface area contributed by atoms with Gasteiger partial charge in [0.05, 0.1) is 0 Å². The highest BCUT2D eigenvalue weighted by Gasteiger charge is 2.04. The molecule has 0 saturated heterocycles. The zero-order chi connectivity index (χ0) is 14.4. The molecule has 0 aliphatic rings. The van der Waals surface area contributed by atoms with Gasteiger partial charge in [-0.3, -0.25) is 0 Å². The molecule has 0 fully saturated rings. The molecule has 0 bridgehead atoms. The molecule has 20 heavy (non-hydrogen) atoms. The molecule has 2 rings (SSSR count). The fraction of sp³-hybridized carbons (Fsp3) is 0.200. The van der Waals surface area contributed by atoms with Crippen LogP contribution < -0.4 is 9.47 Å². The SMILES string of the molecule is COCOc1ccc(OCc2ccc(Br)cc2F)cc1. The first-order valence-corrected chi connectivity index (χ1v) is 6.77. The molecule has 0 amide bonds. The highest BCUT2D eigenvalue weighted by atomic mass is 79.9. The molecular formula is C15H14BrFO3. The van der Waals surface area contributed by atoms with Crippen LogP contribution in [0.15, 0.2) is 46.9 Å². The average Bonchev–Trinajstić information content (AvgIpc) is 2.45. The summed E-state index contributed by atoms with van der Waals surface area (Å²) in [6, 6.07) is 12.0. The van der Waals surface area contributed by atoms with Crippen molar-refractivity contribution in [3.05, 3.63) is 58.3 Å². The van der Waals surface area contributed by atoms with Crippen LogP contribution in [0.5, 0.6) is 11.5 Å². The van der Waals surface area contributed by atoms with E-state index in [0.717, 1.165) is 0 Å². The lowest BCUT2D eigenvalue weighted by Crippen LogP contribution is -2.00. The second-order valence-corrected chi connectivity index (χ2v) is 4.96. The summed E-state index contributed by atoms with van der Waals surface area (Å²) in [6.07, 6.45) is 0. The first kappa shape index (κ1) is 14.8. The molecule has 0 radical (unpaired) electrons. The third-order valence-electron chi connectivity index (χ3n) is 2.58. The van der Waals surface area contributed by atoms with Crippen LogP contribution in [0.3, 0.4) is 0 Å². The van der Waals surface area contributed by atoms with Gasteiger partial charge in [-0.15, -0.1) is 0 Å². The van der Waals surface area contributed by atoms with Crippen molar-refractivity contribution in [2.75, 3.05) is 13.9 Å². The van der Waals surface area contributed by atoms with Gasteiger partial charge < -0.3 is 14.2 Å².